The minimum Gasteiger partial charge on any atom is -0.480 e. The van der Waals surface area contributed by atoms with Crippen LogP contribution in [0.25, 0.3) is 0 Å². The number of hydrogen-bond donors (Lipinski definition) is 2. The van der Waals surface area contributed by atoms with Gasteiger partial charge in [0, 0.05) is 11.1 Å². The zero-order valence-corrected chi connectivity index (χ0v) is 21.9. The van der Waals surface area contributed by atoms with E-state index in [9.17, 15) is 32.7 Å². The second kappa shape index (κ2) is 10.1. The predicted molar refractivity (Wildman–Crippen MR) is 136 cm³/mol. The number of carbonyl (C=O) groups is 3. The van der Waals surface area contributed by atoms with Crippen molar-refractivity contribution in [2.75, 3.05) is 4.90 Å². The van der Waals surface area contributed by atoms with E-state index in [4.69, 9.17) is 11.6 Å². The molecule has 1 saturated carbocycles. The van der Waals surface area contributed by atoms with Gasteiger partial charge in [0.25, 0.3) is 0 Å². The molecule has 7 nitrogen and oxygen atoms in total. The Balaban J connectivity index is 1.61. The van der Waals surface area contributed by atoms with Gasteiger partial charge in [0.05, 0.1) is 17.5 Å². The number of imide groups is 1. The summed E-state index contributed by atoms with van der Waals surface area (Å²) < 4.78 is 42.9. The summed E-state index contributed by atoms with van der Waals surface area (Å²) >= 11 is 6.28. The van der Waals surface area contributed by atoms with Gasteiger partial charge in [-0.1, -0.05) is 61.9 Å². The normalized spacial score (nSPS) is 27.6. The van der Waals surface area contributed by atoms with Gasteiger partial charge in [-0.3, -0.25) is 19.7 Å². The van der Waals surface area contributed by atoms with Gasteiger partial charge in [-0.2, -0.15) is 0 Å². The van der Waals surface area contributed by atoms with E-state index >= 15 is 0 Å². The minimum atomic E-state index is -4.93. The highest BCUT2D eigenvalue weighted by Crippen LogP contribution is 2.53. The van der Waals surface area contributed by atoms with Gasteiger partial charge in [-0.15, -0.1) is 13.2 Å². The van der Waals surface area contributed by atoms with Gasteiger partial charge in [0.1, 0.15) is 11.3 Å². The number of nitrogens with zero attached hydrogens (tertiary/aromatic N) is 1. The van der Waals surface area contributed by atoms with Gasteiger partial charge >= 0.3 is 12.3 Å². The third-order valence-electron chi connectivity index (χ3n) is 8.24. The molecule has 2 amide bonds. The fraction of sp³-hybridized carbons (Fsp3) is 0.464. The van der Waals surface area contributed by atoms with Gasteiger partial charge in [0.2, 0.25) is 11.8 Å². The van der Waals surface area contributed by atoms with Crippen LogP contribution in [0.3, 0.4) is 0 Å². The van der Waals surface area contributed by atoms with Crippen molar-refractivity contribution in [2.24, 2.45) is 17.8 Å². The molecule has 208 valence electrons. The Bertz CT molecular complexity index is 1310. The molecule has 3 aliphatic rings. The fourth-order valence-corrected chi connectivity index (χ4v) is 6.66. The molecular formula is C28H28ClF3N2O5. The lowest BCUT2D eigenvalue weighted by molar-refractivity contribution is -0.274. The molecule has 4 unspecified atom stereocenters. The number of alkyl halides is 3. The van der Waals surface area contributed by atoms with E-state index in [1.165, 1.54) is 18.2 Å². The lowest BCUT2D eigenvalue weighted by atomic mass is 9.72. The van der Waals surface area contributed by atoms with Crippen molar-refractivity contribution in [3.05, 3.63) is 58.6 Å². The quantitative estimate of drug-likeness (QED) is 0.431. The predicted octanol–water partition coefficient (Wildman–Crippen LogP) is 5.79. The number of ether oxygens (including phenoxy) is 1. The SMILES string of the molecule is Cc1ccc(N2C(=O)C3C(c4cccc(OC(F)(F)F)c4)NC(CC4CCCCC4)(C(=O)O)C3C2=O)cc1Cl. The molecule has 39 heavy (non-hydrogen) atoms. The number of aryl methyl sites for hydroxylation is 1. The number of amides is 2. The number of carboxylic acid groups (broad SMARTS) is 1. The number of benzene rings is 2. The van der Waals surface area contributed by atoms with Gasteiger partial charge < -0.3 is 9.84 Å². The topological polar surface area (TPSA) is 95.9 Å². The molecule has 0 bridgehead atoms. The molecule has 2 heterocycles. The van der Waals surface area contributed by atoms with Crippen molar-refractivity contribution in [1.29, 1.82) is 0 Å². The van der Waals surface area contributed by atoms with E-state index in [1.54, 1.807) is 19.1 Å². The molecule has 2 aromatic rings. The van der Waals surface area contributed by atoms with E-state index in [2.05, 4.69) is 10.1 Å². The molecule has 11 heteroatoms. The van der Waals surface area contributed by atoms with E-state index in [-0.39, 0.29) is 23.6 Å². The van der Waals surface area contributed by atoms with Crippen LogP contribution in [-0.4, -0.2) is 34.8 Å². The number of carbonyl (C=O) groups excluding carboxylic acids is 2. The molecule has 4 atom stereocenters. The van der Waals surface area contributed by atoms with Crippen LogP contribution >= 0.6 is 11.6 Å². The smallest absolute Gasteiger partial charge is 0.480 e. The Morgan fingerprint density at radius 2 is 1.85 bits per heavy atom. The number of anilines is 1. The third-order valence-corrected chi connectivity index (χ3v) is 8.64. The molecule has 0 radical (unpaired) electrons. The number of fused-ring (bicyclic) bond motifs is 1. The van der Waals surface area contributed by atoms with Crippen LogP contribution in [0.4, 0.5) is 18.9 Å². The Hall–Kier alpha value is -3.11. The molecule has 0 aromatic heterocycles. The summed E-state index contributed by atoms with van der Waals surface area (Å²) in [5.74, 6) is -5.46. The summed E-state index contributed by atoms with van der Waals surface area (Å²) in [6, 6.07) is 8.77. The van der Waals surface area contributed by atoms with Crippen LogP contribution in [-0.2, 0) is 14.4 Å². The number of halogens is 4. The highest BCUT2D eigenvalue weighted by atomic mass is 35.5. The van der Waals surface area contributed by atoms with Crippen molar-refractivity contribution in [3.8, 4) is 5.75 Å². The van der Waals surface area contributed by atoms with Crippen LogP contribution in [0.5, 0.6) is 5.75 Å². The summed E-state index contributed by atoms with van der Waals surface area (Å²) in [4.78, 5) is 41.9. The van der Waals surface area contributed by atoms with Crippen molar-refractivity contribution >= 4 is 35.1 Å². The van der Waals surface area contributed by atoms with Crippen LogP contribution in [0.15, 0.2) is 42.5 Å². The summed E-state index contributed by atoms with van der Waals surface area (Å²) in [7, 11) is 0. The standard InChI is InChI=1S/C28H28ClF3N2O5/c1-15-10-11-18(13-20(15)29)34-24(35)21-22(25(34)36)27(26(37)38,14-16-6-3-2-4-7-16)33-23(21)17-8-5-9-19(12-17)39-28(30,31)32/h5,8-13,16,21-23,33H,2-4,6-7,14H2,1H3,(H,37,38). The number of carboxylic acids is 1. The van der Waals surface area contributed by atoms with Gasteiger partial charge in [-0.05, 0) is 54.7 Å². The second-order valence-corrected chi connectivity index (χ2v) is 11.1. The Morgan fingerprint density at radius 1 is 1.13 bits per heavy atom. The molecule has 2 aromatic carbocycles. The number of nitrogens with one attached hydrogen (secondary N) is 1. The van der Waals surface area contributed by atoms with Gasteiger partial charge in [-0.25, -0.2) is 4.90 Å². The summed E-state index contributed by atoms with van der Waals surface area (Å²) in [5, 5.41) is 14.0. The molecule has 2 saturated heterocycles. The Morgan fingerprint density at radius 3 is 2.49 bits per heavy atom. The molecule has 2 aliphatic heterocycles. The molecule has 1 aliphatic carbocycles. The Labute approximate surface area is 228 Å². The van der Waals surface area contributed by atoms with Gasteiger partial charge in [0.15, 0.2) is 0 Å². The number of hydrogen-bond acceptors (Lipinski definition) is 5. The monoisotopic (exact) mass is 564 g/mol. The van der Waals surface area contributed by atoms with Crippen LogP contribution in [0.2, 0.25) is 5.02 Å². The molecule has 2 N–H and O–H groups in total. The zero-order chi connectivity index (χ0) is 28.1. The van der Waals surface area contributed by atoms with E-state index in [1.807, 2.05) is 0 Å². The van der Waals surface area contributed by atoms with E-state index in [0.29, 0.717) is 5.02 Å². The van der Waals surface area contributed by atoms with Crippen molar-refractivity contribution in [3.63, 3.8) is 0 Å². The first-order valence-electron chi connectivity index (χ1n) is 12.9. The average Bonchev–Trinajstić information content (AvgIpc) is 3.35. The van der Waals surface area contributed by atoms with Crippen molar-refractivity contribution in [1.82, 2.24) is 5.32 Å². The van der Waals surface area contributed by atoms with Crippen LogP contribution in [0.1, 0.15) is 55.7 Å². The number of rotatable bonds is 6. The first-order chi connectivity index (χ1) is 18.4. The summed E-state index contributed by atoms with van der Waals surface area (Å²) in [6.45, 7) is 1.77. The zero-order valence-electron chi connectivity index (χ0n) is 21.1. The average molecular weight is 565 g/mol. The highest BCUT2D eigenvalue weighted by Gasteiger charge is 2.69. The maximum atomic E-state index is 14.0. The van der Waals surface area contributed by atoms with Crippen molar-refractivity contribution in [2.45, 2.75) is 63.4 Å². The lowest BCUT2D eigenvalue weighted by Crippen LogP contribution is -2.57. The highest BCUT2D eigenvalue weighted by molar-refractivity contribution is 6.32. The lowest BCUT2D eigenvalue weighted by Gasteiger charge is -2.35. The maximum absolute atomic E-state index is 14.0. The summed E-state index contributed by atoms with van der Waals surface area (Å²) in [6.07, 6.45) is -0.285. The molecule has 5 rings (SSSR count). The van der Waals surface area contributed by atoms with Crippen LogP contribution < -0.4 is 15.0 Å². The third kappa shape index (κ3) is 5.00. The fourth-order valence-electron chi connectivity index (χ4n) is 6.49. The summed E-state index contributed by atoms with van der Waals surface area (Å²) in [5.41, 5.74) is -0.602. The number of aliphatic carboxylic acids is 1. The maximum Gasteiger partial charge on any atom is 0.573 e. The van der Waals surface area contributed by atoms with Crippen molar-refractivity contribution < 1.29 is 37.4 Å². The van der Waals surface area contributed by atoms with Crippen LogP contribution in [0, 0.1) is 24.7 Å². The minimum absolute atomic E-state index is 0.0208. The first-order valence-corrected chi connectivity index (χ1v) is 13.3. The molecule has 0 spiro atoms. The largest absolute Gasteiger partial charge is 0.573 e. The van der Waals surface area contributed by atoms with E-state index in [0.717, 1.165) is 54.7 Å². The Kier molecular flexibility index (Phi) is 7.13. The first kappa shape index (κ1) is 27.5. The second-order valence-electron chi connectivity index (χ2n) is 10.7. The van der Waals surface area contributed by atoms with E-state index < -0.39 is 53.3 Å². The molecular weight excluding hydrogens is 537 g/mol. The molecule has 3 fully saturated rings.